The van der Waals surface area contributed by atoms with E-state index in [1.54, 1.807) is 6.21 Å². The number of nitrogens with zero attached hydrogens (tertiary/aromatic N) is 1. The minimum Gasteiger partial charge on any atom is -0.267 e. The smallest absolute Gasteiger partial charge is 0.267 e. The molecule has 3 aromatic carbocycles. The number of rotatable bonds is 3. The monoisotopic (exact) mass is 363 g/mol. The summed E-state index contributed by atoms with van der Waals surface area (Å²) in [6.45, 7) is 0. The van der Waals surface area contributed by atoms with Crippen molar-refractivity contribution in [1.29, 1.82) is 0 Å². The van der Waals surface area contributed by atoms with E-state index in [9.17, 15) is 4.79 Å². The van der Waals surface area contributed by atoms with Crippen molar-refractivity contribution in [2.24, 2.45) is 4.99 Å². The van der Waals surface area contributed by atoms with Gasteiger partial charge >= 0.3 is 0 Å². The first-order chi connectivity index (χ1) is 11.2. The lowest BCUT2D eigenvalue weighted by Crippen LogP contribution is -1.95. The van der Waals surface area contributed by atoms with Gasteiger partial charge < -0.3 is 0 Å². The van der Waals surface area contributed by atoms with Crippen LogP contribution in [0.15, 0.2) is 88.3 Å². The zero-order valence-corrected chi connectivity index (χ0v) is 13.9. The molecule has 1 amide bonds. The summed E-state index contributed by atoms with van der Waals surface area (Å²) >= 11 is 3.38. The van der Waals surface area contributed by atoms with Crippen molar-refractivity contribution in [2.45, 2.75) is 0 Å². The van der Waals surface area contributed by atoms with Crippen molar-refractivity contribution in [3.05, 3.63) is 94.5 Å². The number of hydrogen-bond donors (Lipinski definition) is 0. The Labute approximate surface area is 143 Å². The summed E-state index contributed by atoms with van der Waals surface area (Å²) in [5.74, 6) is -0.243. The van der Waals surface area contributed by atoms with Crippen LogP contribution in [0.3, 0.4) is 0 Å². The van der Waals surface area contributed by atoms with E-state index in [2.05, 4.69) is 20.9 Å². The molecular formula is C20H14BrNO. The van der Waals surface area contributed by atoms with Crippen LogP contribution in [0.5, 0.6) is 0 Å². The van der Waals surface area contributed by atoms with E-state index in [1.807, 2.05) is 78.9 Å². The number of carbonyl (C=O) groups is 1. The lowest BCUT2D eigenvalue weighted by atomic mass is 10.0. The standard InChI is InChI=1S/C20H14BrNO/c21-19-12-6-15(7-13-19)14-22-20(23)18-10-8-17(9-11-18)16-4-2-1-3-5-16/h1-14H/b22-14+. The SMILES string of the molecule is O=C(/N=C/c1ccc(Br)cc1)c1ccc(-c2ccccc2)cc1. The molecule has 0 unspecified atom stereocenters. The number of amides is 1. The van der Waals surface area contributed by atoms with Crippen molar-refractivity contribution in [2.75, 3.05) is 0 Å². The molecule has 23 heavy (non-hydrogen) atoms. The van der Waals surface area contributed by atoms with Gasteiger partial charge in [-0.05, 0) is 41.0 Å². The molecule has 0 aliphatic carbocycles. The van der Waals surface area contributed by atoms with Crippen LogP contribution in [-0.2, 0) is 0 Å². The largest absolute Gasteiger partial charge is 0.276 e. The summed E-state index contributed by atoms with van der Waals surface area (Å²) in [5, 5.41) is 0. The second-order valence-electron chi connectivity index (χ2n) is 5.06. The molecule has 0 aliphatic rings. The molecule has 0 aliphatic heterocycles. The fraction of sp³-hybridized carbons (Fsp3) is 0. The highest BCUT2D eigenvalue weighted by molar-refractivity contribution is 9.10. The van der Waals surface area contributed by atoms with Crippen LogP contribution in [0.1, 0.15) is 15.9 Å². The molecule has 0 heterocycles. The van der Waals surface area contributed by atoms with Crippen molar-refractivity contribution >= 4 is 28.1 Å². The Morgan fingerprint density at radius 1 is 0.783 bits per heavy atom. The molecule has 0 atom stereocenters. The number of carbonyl (C=O) groups excluding carboxylic acids is 1. The molecule has 0 spiro atoms. The third-order valence-corrected chi connectivity index (χ3v) is 3.97. The van der Waals surface area contributed by atoms with Gasteiger partial charge in [0.05, 0.1) is 0 Å². The Bertz CT molecular complexity index is 822. The third kappa shape index (κ3) is 4.02. The average molecular weight is 364 g/mol. The summed E-state index contributed by atoms with van der Waals surface area (Å²) in [5.41, 5.74) is 3.68. The molecule has 112 valence electrons. The molecular weight excluding hydrogens is 350 g/mol. The average Bonchev–Trinajstić information content (AvgIpc) is 2.62. The summed E-state index contributed by atoms with van der Waals surface area (Å²) in [4.78, 5) is 16.1. The van der Waals surface area contributed by atoms with Gasteiger partial charge in [-0.1, -0.05) is 70.5 Å². The summed E-state index contributed by atoms with van der Waals surface area (Å²) < 4.78 is 0.998. The first-order valence-electron chi connectivity index (χ1n) is 7.22. The maximum Gasteiger partial charge on any atom is 0.276 e. The fourth-order valence-electron chi connectivity index (χ4n) is 2.19. The van der Waals surface area contributed by atoms with Crippen LogP contribution in [0.4, 0.5) is 0 Å². The Morgan fingerprint density at radius 2 is 1.39 bits per heavy atom. The van der Waals surface area contributed by atoms with Gasteiger partial charge in [0.15, 0.2) is 0 Å². The lowest BCUT2D eigenvalue weighted by Gasteiger charge is -2.02. The topological polar surface area (TPSA) is 29.4 Å². The van der Waals surface area contributed by atoms with Crippen molar-refractivity contribution in [1.82, 2.24) is 0 Å². The minimum atomic E-state index is -0.243. The molecule has 0 N–H and O–H groups in total. The molecule has 3 rings (SSSR count). The normalized spacial score (nSPS) is 10.8. The van der Waals surface area contributed by atoms with Crippen molar-refractivity contribution in [3.63, 3.8) is 0 Å². The van der Waals surface area contributed by atoms with Gasteiger partial charge in [0.25, 0.3) is 5.91 Å². The van der Waals surface area contributed by atoms with Gasteiger partial charge in [0.1, 0.15) is 0 Å². The maximum atomic E-state index is 12.1. The van der Waals surface area contributed by atoms with E-state index in [-0.39, 0.29) is 5.91 Å². The first kappa shape index (κ1) is 15.4. The second kappa shape index (κ2) is 7.16. The van der Waals surface area contributed by atoms with Crippen molar-refractivity contribution < 1.29 is 4.79 Å². The van der Waals surface area contributed by atoms with E-state index < -0.39 is 0 Å². The summed E-state index contributed by atoms with van der Waals surface area (Å²) in [7, 11) is 0. The highest BCUT2D eigenvalue weighted by Crippen LogP contribution is 2.19. The van der Waals surface area contributed by atoms with Gasteiger partial charge in [0, 0.05) is 16.3 Å². The minimum absolute atomic E-state index is 0.243. The number of aliphatic imine (C=N–C) groups is 1. The Hall–Kier alpha value is -2.52. The maximum absolute atomic E-state index is 12.1. The highest BCUT2D eigenvalue weighted by atomic mass is 79.9. The Kier molecular flexibility index (Phi) is 4.79. The Balaban J connectivity index is 1.74. The molecule has 0 bridgehead atoms. The molecule has 2 nitrogen and oxygen atoms in total. The predicted molar refractivity (Wildman–Crippen MR) is 97.9 cm³/mol. The van der Waals surface area contributed by atoms with E-state index in [0.29, 0.717) is 5.56 Å². The molecule has 0 saturated heterocycles. The molecule has 3 heteroatoms. The van der Waals surface area contributed by atoms with E-state index in [1.165, 1.54) is 0 Å². The second-order valence-corrected chi connectivity index (χ2v) is 5.97. The zero-order valence-electron chi connectivity index (χ0n) is 12.3. The van der Waals surface area contributed by atoms with Gasteiger partial charge in [-0.15, -0.1) is 0 Å². The predicted octanol–water partition coefficient (Wildman–Crippen LogP) is 5.38. The molecule has 0 radical (unpaired) electrons. The molecule has 0 saturated carbocycles. The highest BCUT2D eigenvalue weighted by Gasteiger charge is 2.04. The Morgan fingerprint density at radius 3 is 2.04 bits per heavy atom. The van der Waals surface area contributed by atoms with Crippen LogP contribution >= 0.6 is 15.9 Å². The van der Waals surface area contributed by atoms with Crippen LogP contribution in [0.2, 0.25) is 0 Å². The van der Waals surface area contributed by atoms with E-state index in [0.717, 1.165) is 21.2 Å². The quantitative estimate of drug-likeness (QED) is 0.574. The molecule has 3 aromatic rings. The molecule has 0 fully saturated rings. The van der Waals surface area contributed by atoms with Gasteiger partial charge in [0.2, 0.25) is 0 Å². The number of benzene rings is 3. The van der Waals surface area contributed by atoms with E-state index in [4.69, 9.17) is 0 Å². The van der Waals surface area contributed by atoms with E-state index >= 15 is 0 Å². The van der Waals surface area contributed by atoms with Gasteiger partial charge in [-0.25, -0.2) is 4.99 Å². The first-order valence-corrected chi connectivity index (χ1v) is 8.01. The van der Waals surface area contributed by atoms with Crippen LogP contribution < -0.4 is 0 Å². The number of halogens is 1. The van der Waals surface area contributed by atoms with Gasteiger partial charge in [-0.3, -0.25) is 4.79 Å². The van der Waals surface area contributed by atoms with Crippen LogP contribution in [-0.4, -0.2) is 12.1 Å². The summed E-state index contributed by atoms with van der Waals surface area (Å²) in [6, 6.07) is 25.2. The van der Waals surface area contributed by atoms with Gasteiger partial charge in [-0.2, -0.15) is 0 Å². The molecule has 0 aromatic heterocycles. The zero-order chi connectivity index (χ0) is 16.1. The third-order valence-electron chi connectivity index (χ3n) is 3.44. The van der Waals surface area contributed by atoms with Crippen LogP contribution in [0, 0.1) is 0 Å². The fourth-order valence-corrected chi connectivity index (χ4v) is 2.46. The van der Waals surface area contributed by atoms with Crippen molar-refractivity contribution in [3.8, 4) is 11.1 Å². The lowest BCUT2D eigenvalue weighted by molar-refractivity contribution is 0.100. The summed E-state index contributed by atoms with van der Waals surface area (Å²) in [6.07, 6.45) is 1.58. The number of hydrogen-bond acceptors (Lipinski definition) is 1. The van der Waals surface area contributed by atoms with Crippen LogP contribution in [0.25, 0.3) is 11.1 Å².